The minimum atomic E-state index is 0.0323. The van der Waals surface area contributed by atoms with Crippen LogP contribution in [0.2, 0.25) is 0 Å². The SMILES string of the molecule is COc1cc(OC)c(NCC(C)=O)c(OC)c1. The van der Waals surface area contributed by atoms with Gasteiger partial charge in [-0.2, -0.15) is 0 Å². The molecule has 5 nitrogen and oxygen atoms in total. The maximum absolute atomic E-state index is 11.0. The molecule has 0 spiro atoms. The third-order valence-corrected chi connectivity index (χ3v) is 2.23. The van der Waals surface area contributed by atoms with Crippen molar-refractivity contribution in [1.29, 1.82) is 0 Å². The lowest BCUT2D eigenvalue weighted by molar-refractivity contribution is -0.115. The van der Waals surface area contributed by atoms with E-state index in [1.54, 1.807) is 33.5 Å². The highest BCUT2D eigenvalue weighted by Crippen LogP contribution is 2.38. The van der Waals surface area contributed by atoms with Gasteiger partial charge in [0.25, 0.3) is 0 Å². The second-order valence-corrected chi connectivity index (χ2v) is 3.46. The highest BCUT2D eigenvalue weighted by molar-refractivity contribution is 5.82. The van der Waals surface area contributed by atoms with Gasteiger partial charge in [0, 0.05) is 12.1 Å². The molecule has 0 aliphatic heterocycles. The molecule has 0 saturated carbocycles. The quantitative estimate of drug-likeness (QED) is 0.819. The van der Waals surface area contributed by atoms with Gasteiger partial charge in [-0.15, -0.1) is 0 Å². The van der Waals surface area contributed by atoms with Gasteiger partial charge in [-0.05, 0) is 6.92 Å². The Bertz CT molecular complexity index is 378. The van der Waals surface area contributed by atoms with E-state index in [2.05, 4.69) is 5.32 Å². The van der Waals surface area contributed by atoms with Crippen molar-refractivity contribution in [3.05, 3.63) is 12.1 Å². The van der Waals surface area contributed by atoms with Crippen LogP contribution in [0.15, 0.2) is 12.1 Å². The molecule has 1 rings (SSSR count). The van der Waals surface area contributed by atoms with E-state index in [-0.39, 0.29) is 12.3 Å². The number of benzene rings is 1. The molecule has 1 N–H and O–H groups in total. The van der Waals surface area contributed by atoms with Crippen molar-refractivity contribution in [2.75, 3.05) is 33.2 Å². The molecule has 1 aromatic carbocycles. The summed E-state index contributed by atoms with van der Waals surface area (Å²) in [5, 5.41) is 2.98. The summed E-state index contributed by atoms with van der Waals surface area (Å²) in [6, 6.07) is 3.45. The van der Waals surface area contributed by atoms with E-state index in [0.717, 1.165) is 0 Å². The molecule has 0 amide bonds. The predicted octanol–water partition coefficient (Wildman–Crippen LogP) is 1.71. The normalized spacial score (nSPS) is 9.65. The van der Waals surface area contributed by atoms with Crippen LogP contribution >= 0.6 is 0 Å². The van der Waals surface area contributed by atoms with Crippen molar-refractivity contribution >= 4 is 11.5 Å². The van der Waals surface area contributed by atoms with Crippen LogP contribution in [0.5, 0.6) is 17.2 Å². The fourth-order valence-electron chi connectivity index (χ4n) is 1.39. The fraction of sp³-hybridized carbons (Fsp3) is 0.417. The number of anilines is 1. The summed E-state index contributed by atoms with van der Waals surface area (Å²) in [6.45, 7) is 1.73. The highest BCUT2D eigenvalue weighted by atomic mass is 16.5. The predicted molar refractivity (Wildman–Crippen MR) is 65.3 cm³/mol. The summed E-state index contributed by atoms with van der Waals surface area (Å²) in [4.78, 5) is 11.0. The van der Waals surface area contributed by atoms with E-state index in [0.29, 0.717) is 22.9 Å². The Balaban J connectivity index is 3.10. The van der Waals surface area contributed by atoms with Crippen LogP contribution in [0, 0.1) is 0 Å². The number of carbonyl (C=O) groups is 1. The molecule has 1 aromatic rings. The number of carbonyl (C=O) groups excluding carboxylic acids is 1. The number of rotatable bonds is 6. The van der Waals surface area contributed by atoms with Crippen LogP contribution in [0.3, 0.4) is 0 Å². The number of ether oxygens (including phenoxy) is 3. The number of hydrogen-bond acceptors (Lipinski definition) is 5. The summed E-state index contributed by atoms with van der Waals surface area (Å²) < 4.78 is 15.6. The van der Waals surface area contributed by atoms with E-state index in [1.165, 1.54) is 6.92 Å². The van der Waals surface area contributed by atoms with E-state index in [9.17, 15) is 4.79 Å². The first kappa shape index (κ1) is 13.2. The maximum atomic E-state index is 11.0. The van der Waals surface area contributed by atoms with Crippen LogP contribution in [0.25, 0.3) is 0 Å². The van der Waals surface area contributed by atoms with Crippen LogP contribution in [0.4, 0.5) is 5.69 Å². The van der Waals surface area contributed by atoms with Crippen LogP contribution in [0.1, 0.15) is 6.92 Å². The molecule has 0 bridgehead atoms. The van der Waals surface area contributed by atoms with Crippen molar-refractivity contribution < 1.29 is 19.0 Å². The second-order valence-electron chi connectivity index (χ2n) is 3.46. The molecule has 0 atom stereocenters. The largest absolute Gasteiger partial charge is 0.496 e. The first-order valence-corrected chi connectivity index (χ1v) is 5.15. The zero-order valence-electron chi connectivity index (χ0n) is 10.5. The first-order chi connectivity index (χ1) is 8.12. The van der Waals surface area contributed by atoms with Crippen molar-refractivity contribution in [1.82, 2.24) is 0 Å². The molecule has 0 unspecified atom stereocenters. The molecule has 0 heterocycles. The fourth-order valence-corrected chi connectivity index (χ4v) is 1.39. The second kappa shape index (κ2) is 5.98. The minimum absolute atomic E-state index is 0.0323. The van der Waals surface area contributed by atoms with E-state index >= 15 is 0 Å². The summed E-state index contributed by atoms with van der Waals surface area (Å²) in [5.41, 5.74) is 0.644. The molecule has 0 aromatic heterocycles. The van der Waals surface area contributed by atoms with E-state index in [4.69, 9.17) is 14.2 Å². The van der Waals surface area contributed by atoms with Crippen LogP contribution in [-0.4, -0.2) is 33.7 Å². The maximum Gasteiger partial charge on any atom is 0.149 e. The summed E-state index contributed by atoms with van der Waals surface area (Å²) in [6.07, 6.45) is 0. The molecule has 0 aliphatic rings. The molecule has 0 fully saturated rings. The molecule has 5 heteroatoms. The molecule has 0 aliphatic carbocycles. The summed E-state index contributed by atoms with van der Waals surface area (Å²) >= 11 is 0. The Morgan fingerprint density at radius 1 is 1.12 bits per heavy atom. The Hall–Kier alpha value is -1.91. The number of methoxy groups -OCH3 is 3. The number of Topliss-reactive ketones (excluding diaryl/α,β-unsaturated/α-hetero) is 1. The minimum Gasteiger partial charge on any atom is -0.496 e. The average Bonchev–Trinajstić information content (AvgIpc) is 2.34. The molecule has 94 valence electrons. The third kappa shape index (κ3) is 3.27. The van der Waals surface area contributed by atoms with Crippen molar-refractivity contribution in [3.8, 4) is 17.2 Å². The van der Waals surface area contributed by atoms with Crippen molar-refractivity contribution in [2.45, 2.75) is 6.92 Å². The summed E-state index contributed by atoms with van der Waals surface area (Å²) in [7, 11) is 4.66. The standard InChI is InChI=1S/C12H17NO4/c1-8(14)7-13-12-10(16-3)5-9(15-2)6-11(12)17-4/h5-6,13H,7H2,1-4H3. The Morgan fingerprint density at radius 3 is 2.00 bits per heavy atom. The third-order valence-electron chi connectivity index (χ3n) is 2.23. The highest BCUT2D eigenvalue weighted by Gasteiger charge is 2.13. The van der Waals surface area contributed by atoms with Gasteiger partial charge in [0.05, 0.1) is 27.9 Å². The Labute approximate surface area is 101 Å². The lowest BCUT2D eigenvalue weighted by Gasteiger charge is -2.15. The van der Waals surface area contributed by atoms with Gasteiger partial charge in [-0.1, -0.05) is 0 Å². The molecular formula is C12H17NO4. The summed E-state index contributed by atoms with van der Waals surface area (Å²) in [5.74, 6) is 1.81. The van der Waals surface area contributed by atoms with Gasteiger partial charge in [-0.25, -0.2) is 0 Å². The molecule has 17 heavy (non-hydrogen) atoms. The lowest BCUT2D eigenvalue weighted by atomic mass is 10.2. The van der Waals surface area contributed by atoms with Gasteiger partial charge in [0.15, 0.2) is 0 Å². The zero-order valence-corrected chi connectivity index (χ0v) is 10.5. The number of nitrogens with one attached hydrogen (secondary N) is 1. The lowest BCUT2D eigenvalue weighted by Crippen LogP contribution is -2.11. The monoisotopic (exact) mass is 239 g/mol. The van der Waals surface area contributed by atoms with Crippen LogP contribution < -0.4 is 19.5 Å². The van der Waals surface area contributed by atoms with Gasteiger partial charge < -0.3 is 19.5 Å². The van der Waals surface area contributed by atoms with Gasteiger partial charge in [-0.3, -0.25) is 4.79 Å². The zero-order chi connectivity index (χ0) is 12.8. The van der Waals surface area contributed by atoms with E-state index in [1.807, 2.05) is 0 Å². The molecular weight excluding hydrogens is 222 g/mol. The average molecular weight is 239 g/mol. The van der Waals surface area contributed by atoms with Crippen molar-refractivity contribution in [2.24, 2.45) is 0 Å². The topological polar surface area (TPSA) is 56.8 Å². The Morgan fingerprint density at radius 2 is 1.65 bits per heavy atom. The smallest absolute Gasteiger partial charge is 0.149 e. The van der Waals surface area contributed by atoms with Gasteiger partial charge in [0.2, 0.25) is 0 Å². The van der Waals surface area contributed by atoms with Crippen LogP contribution in [-0.2, 0) is 4.79 Å². The van der Waals surface area contributed by atoms with E-state index < -0.39 is 0 Å². The Kier molecular flexibility index (Phi) is 4.63. The van der Waals surface area contributed by atoms with Gasteiger partial charge >= 0.3 is 0 Å². The number of hydrogen-bond donors (Lipinski definition) is 1. The molecule has 0 saturated heterocycles. The van der Waals surface area contributed by atoms with Crippen molar-refractivity contribution in [3.63, 3.8) is 0 Å². The molecule has 0 radical (unpaired) electrons. The first-order valence-electron chi connectivity index (χ1n) is 5.15. The van der Waals surface area contributed by atoms with Gasteiger partial charge in [0.1, 0.15) is 28.7 Å². The number of ketones is 1.